The van der Waals surface area contributed by atoms with Crippen molar-refractivity contribution < 1.29 is 9.53 Å². The zero-order valence-electron chi connectivity index (χ0n) is 9.65. The van der Waals surface area contributed by atoms with Gasteiger partial charge in [-0.25, -0.2) is 4.79 Å². The molecule has 16 heavy (non-hydrogen) atoms. The fraction of sp³-hybridized carbons (Fsp3) is 0.462. The first-order valence-corrected chi connectivity index (χ1v) is 8.03. The monoisotopic (exact) mass is 238 g/mol. The van der Waals surface area contributed by atoms with Crippen molar-refractivity contribution in [1.29, 1.82) is 0 Å². The number of hydrogen-bond acceptors (Lipinski definition) is 2. The van der Waals surface area contributed by atoms with Gasteiger partial charge in [0.1, 0.15) is 6.61 Å². The second kappa shape index (κ2) is 4.91. The van der Waals surface area contributed by atoms with Crippen LogP contribution in [-0.4, -0.2) is 23.1 Å². The van der Waals surface area contributed by atoms with Crippen LogP contribution in [0.1, 0.15) is 18.4 Å². The molecule has 1 heterocycles. The van der Waals surface area contributed by atoms with Crippen molar-refractivity contribution in [3.63, 3.8) is 0 Å². The van der Waals surface area contributed by atoms with E-state index in [2.05, 4.69) is 6.26 Å². The highest BCUT2D eigenvalue weighted by molar-refractivity contribution is 8.44. The molecule has 1 saturated heterocycles. The third kappa shape index (κ3) is 2.59. The zero-order chi connectivity index (χ0) is 11.4. The molecule has 0 radical (unpaired) electrons. The highest BCUT2D eigenvalue weighted by Crippen LogP contribution is 2.52. The molecule has 1 aromatic carbocycles. The van der Waals surface area contributed by atoms with Crippen molar-refractivity contribution in [3.8, 4) is 0 Å². The molecule has 0 amide bonds. The van der Waals surface area contributed by atoms with E-state index in [4.69, 9.17) is 4.74 Å². The highest BCUT2D eigenvalue weighted by atomic mass is 32.3. The maximum absolute atomic E-state index is 12.0. The topological polar surface area (TPSA) is 26.3 Å². The smallest absolute Gasteiger partial charge is 0.349 e. The van der Waals surface area contributed by atoms with E-state index in [1.807, 2.05) is 30.3 Å². The Morgan fingerprint density at radius 2 is 1.88 bits per heavy atom. The molecule has 1 fully saturated rings. The molecule has 3 heteroatoms. The van der Waals surface area contributed by atoms with E-state index < -0.39 is 10.0 Å². The van der Waals surface area contributed by atoms with Gasteiger partial charge in [0.25, 0.3) is 0 Å². The molecule has 0 aromatic heterocycles. The van der Waals surface area contributed by atoms with Crippen molar-refractivity contribution in [2.24, 2.45) is 0 Å². The van der Waals surface area contributed by atoms with Crippen LogP contribution in [-0.2, 0) is 11.3 Å². The first kappa shape index (κ1) is 11.5. The van der Waals surface area contributed by atoms with Crippen LogP contribution in [0.5, 0.6) is 0 Å². The second-order valence-electron chi connectivity index (χ2n) is 4.41. The normalized spacial score (nSPS) is 20.3. The molecule has 2 rings (SSSR count). The van der Waals surface area contributed by atoms with Crippen LogP contribution in [0.4, 0.5) is 4.79 Å². The highest BCUT2D eigenvalue weighted by Gasteiger charge is 2.32. The Kier molecular flexibility index (Phi) is 3.54. The summed E-state index contributed by atoms with van der Waals surface area (Å²) in [6, 6.07) is 9.87. The van der Waals surface area contributed by atoms with E-state index in [0.29, 0.717) is 6.61 Å². The van der Waals surface area contributed by atoms with Gasteiger partial charge in [0, 0.05) is 0 Å². The van der Waals surface area contributed by atoms with E-state index in [-0.39, 0.29) is 5.30 Å². The van der Waals surface area contributed by atoms with Gasteiger partial charge in [-0.15, -0.1) is 10.0 Å². The lowest BCUT2D eigenvalue weighted by Crippen LogP contribution is -2.14. The summed E-state index contributed by atoms with van der Waals surface area (Å²) in [6.07, 6.45) is 4.48. The Bertz CT molecular complexity index is 355. The lowest BCUT2D eigenvalue weighted by atomic mass is 10.2. The fourth-order valence-corrected chi connectivity index (χ4v) is 4.53. The summed E-state index contributed by atoms with van der Waals surface area (Å²) >= 11 is 0. The summed E-state index contributed by atoms with van der Waals surface area (Å²) in [7, 11) is -1.11. The first-order chi connectivity index (χ1) is 7.71. The number of benzene rings is 1. The maximum Gasteiger partial charge on any atom is 0.349 e. The summed E-state index contributed by atoms with van der Waals surface area (Å²) < 4.78 is 5.41. The summed E-state index contributed by atoms with van der Waals surface area (Å²) in [4.78, 5) is 12.0. The third-order valence-corrected chi connectivity index (χ3v) is 6.34. The lowest BCUT2D eigenvalue weighted by molar-refractivity contribution is 0.167. The minimum atomic E-state index is -1.11. The lowest BCUT2D eigenvalue weighted by Gasteiger charge is -2.26. The minimum Gasteiger partial charge on any atom is -0.454 e. The molecule has 2 nitrogen and oxygen atoms in total. The predicted molar refractivity (Wildman–Crippen MR) is 69.1 cm³/mol. The molecule has 0 spiro atoms. The average molecular weight is 238 g/mol. The van der Waals surface area contributed by atoms with Gasteiger partial charge in [-0.3, -0.25) is 0 Å². The van der Waals surface area contributed by atoms with Gasteiger partial charge >= 0.3 is 5.30 Å². The van der Waals surface area contributed by atoms with Crippen LogP contribution in [0.15, 0.2) is 30.3 Å². The standard InChI is InChI=1S/C13H18O2S/c1-16(9-5-6-10-16)13(14)15-11-12-7-3-2-4-8-12/h2-4,7-8H,5-6,9-11H2,1H3. The van der Waals surface area contributed by atoms with E-state index in [1.165, 1.54) is 12.8 Å². The van der Waals surface area contributed by atoms with Gasteiger partial charge in [-0.1, -0.05) is 30.3 Å². The van der Waals surface area contributed by atoms with Crippen LogP contribution < -0.4 is 0 Å². The van der Waals surface area contributed by atoms with E-state index in [9.17, 15) is 4.79 Å². The summed E-state index contributed by atoms with van der Waals surface area (Å²) in [6.45, 7) is 0.419. The van der Waals surface area contributed by atoms with Crippen molar-refractivity contribution in [1.82, 2.24) is 0 Å². The van der Waals surface area contributed by atoms with Gasteiger partial charge in [0.2, 0.25) is 0 Å². The molecular formula is C13H18O2S. The minimum absolute atomic E-state index is 0.0499. The molecule has 1 aliphatic heterocycles. The van der Waals surface area contributed by atoms with Gasteiger partial charge < -0.3 is 4.74 Å². The molecule has 0 N–H and O–H groups in total. The molecule has 0 atom stereocenters. The predicted octanol–water partition coefficient (Wildman–Crippen LogP) is 3.55. The molecular weight excluding hydrogens is 220 g/mol. The zero-order valence-corrected chi connectivity index (χ0v) is 10.5. The van der Waals surface area contributed by atoms with Crippen molar-refractivity contribution in [3.05, 3.63) is 35.9 Å². The summed E-state index contributed by atoms with van der Waals surface area (Å²) in [5, 5.41) is 0.0499. The summed E-state index contributed by atoms with van der Waals surface area (Å²) in [5.41, 5.74) is 1.07. The van der Waals surface area contributed by atoms with Crippen LogP contribution in [0, 0.1) is 0 Å². The Morgan fingerprint density at radius 3 is 2.50 bits per heavy atom. The van der Waals surface area contributed by atoms with Crippen molar-refractivity contribution in [2.45, 2.75) is 19.4 Å². The van der Waals surface area contributed by atoms with Crippen LogP contribution in [0.3, 0.4) is 0 Å². The van der Waals surface area contributed by atoms with Crippen LogP contribution in [0.2, 0.25) is 0 Å². The van der Waals surface area contributed by atoms with Crippen LogP contribution >= 0.6 is 10.0 Å². The van der Waals surface area contributed by atoms with Gasteiger partial charge in [0.15, 0.2) is 0 Å². The van der Waals surface area contributed by atoms with Gasteiger partial charge in [-0.2, -0.15) is 0 Å². The molecule has 0 unspecified atom stereocenters. The van der Waals surface area contributed by atoms with Gasteiger partial charge in [0.05, 0.1) is 0 Å². The van der Waals surface area contributed by atoms with E-state index >= 15 is 0 Å². The Morgan fingerprint density at radius 1 is 1.25 bits per heavy atom. The van der Waals surface area contributed by atoms with E-state index in [1.54, 1.807) is 0 Å². The number of hydrogen-bond donors (Lipinski definition) is 0. The Hall–Kier alpha value is -0.960. The molecule has 1 aromatic rings. The first-order valence-electron chi connectivity index (χ1n) is 5.65. The van der Waals surface area contributed by atoms with Crippen LogP contribution in [0.25, 0.3) is 0 Å². The number of ether oxygens (including phenoxy) is 1. The maximum atomic E-state index is 12.0. The van der Waals surface area contributed by atoms with Crippen molar-refractivity contribution in [2.75, 3.05) is 17.8 Å². The molecule has 88 valence electrons. The molecule has 0 aliphatic carbocycles. The SMILES string of the molecule is CS1(C(=O)OCc2ccccc2)CCCC1. The summed E-state index contributed by atoms with van der Waals surface area (Å²) in [5.74, 6) is 2.11. The molecule has 1 aliphatic rings. The van der Waals surface area contributed by atoms with E-state index in [0.717, 1.165) is 17.1 Å². The Balaban J connectivity index is 1.89. The third-order valence-electron chi connectivity index (χ3n) is 3.04. The molecule has 0 saturated carbocycles. The van der Waals surface area contributed by atoms with Gasteiger partial charge in [-0.05, 0) is 36.2 Å². The quantitative estimate of drug-likeness (QED) is 0.736. The number of rotatable bonds is 2. The number of carbonyl (C=O) groups excluding carboxylic acids is 1. The largest absolute Gasteiger partial charge is 0.454 e. The molecule has 0 bridgehead atoms. The number of carbonyl (C=O) groups is 1. The van der Waals surface area contributed by atoms with Crippen molar-refractivity contribution >= 4 is 15.3 Å². The average Bonchev–Trinajstić information content (AvgIpc) is 2.76. The second-order valence-corrected chi connectivity index (χ2v) is 8.11. The fourth-order valence-electron chi connectivity index (χ4n) is 1.97. The Labute approximate surface area is 98.3 Å².